The lowest BCUT2D eigenvalue weighted by atomic mass is 10.2. The fourth-order valence-electron chi connectivity index (χ4n) is 2.95. The normalized spacial score (nSPS) is 13.5. The van der Waals surface area contributed by atoms with Gasteiger partial charge in [0.2, 0.25) is 0 Å². The lowest BCUT2D eigenvalue weighted by Crippen LogP contribution is -2.00. The largest absolute Gasteiger partial charge is 0.372 e. The van der Waals surface area contributed by atoms with Gasteiger partial charge in [-0.25, -0.2) is 9.97 Å². The molecule has 0 atom stereocenters. The van der Waals surface area contributed by atoms with Gasteiger partial charge in [0.05, 0.1) is 11.1 Å². The Morgan fingerprint density at radius 3 is 2.86 bits per heavy atom. The Labute approximate surface area is 138 Å². The topological polar surface area (TPSA) is 37.8 Å². The molecular formula is C17H17N3S2. The first kappa shape index (κ1) is 14.0. The Hall–Kier alpha value is -1.59. The molecule has 0 unspecified atom stereocenters. The number of hydrogen-bond donors (Lipinski definition) is 1. The van der Waals surface area contributed by atoms with Crippen LogP contribution in [-0.2, 0) is 18.6 Å². The molecule has 1 aromatic carbocycles. The third kappa shape index (κ3) is 2.48. The molecule has 0 amide bonds. The Kier molecular flexibility index (Phi) is 3.76. The summed E-state index contributed by atoms with van der Waals surface area (Å²) in [6, 6.07) is 10.4. The molecule has 112 valence electrons. The smallest absolute Gasteiger partial charge is 0.142 e. The fourth-order valence-corrected chi connectivity index (χ4v) is 5.00. The van der Waals surface area contributed by atoms with Gasteiger partial charge in [-0.1, -0.05) is 18.2 Å². The van der Waals surface area contributed by atoms with E-state index >= 15 is 0 Å². The van der Waals surface area contributed by atoms with E-state index in [1.165, 1.54) is 40.0 Å². The van der Waals surface area contributed by atoms with E-state index in [1.807, 2.05) is 24.5 Å². The van der Waals surface area contributed by atoms with Crippen LogP contribution in [0, 0.1) is 0 Å². The van der Waals surface area contributed by atoms with Crippen LogP contribution in [0.1, 0.15) is 22.7 Å². The van der Waals surface area contributed by atoms with Crippen LogP contribution >= 0.6 is 23.1 Å². The monoisotopic (exact) mass is 327 g/mol. The van der Waals surface area contributed by atoms with Gasteiger partial charge in [-0.3, -0.25) is 0 Å². The van der Waals surface area contributed by atoms with Gasteiger partial charge in [0.15, 0.2) is 0 Å². The van der Waals surface area contributed by atoms with E-state index < -0.39 is 0 Å². The van der Waals surface area contributed by atoms with Gasteiger partial charge in [0, 0.05) is 16.8 Å². The second-order valence-electron chi connectivity index (χ2n) is 5.38. The minimum absolute atomic E-state index is 0.803. The Morgan fingerprint density at radius 2 is 2.05 bits per heavy atom. The predicted octanol–water partition coefficient (Wildman–Crippen LogP) is 4.51. The maximum atomic E-state index is 4.81. The zero-order valence-electron chi connectivity index (χ0n) is 12.4. The van der Waals surface area contributed by atoms with Gasteiger partial charge in [0.1, 0.15) is 16.5 Å². The number of thioether (sulfide) groups is 1. The standard InChI is InChI=1S/C17H17N3S2/c1-18-16-15-12-8-5-9-13(12)22-17(15)20-14(19-16)10-21-11-6-3-2-4-7-11/h2-4,6-7H,5,8-10H2,1H3,(H,18,19,20). The summed E-state index contributed by atoms with van der Waals surface area (Å²) < 4.78 is 0. The van der Waals surface area contributed by atoms with Crippen LogP contribution in [0.5, 0.6) is 0 Å². The van der Waals surface area contributed by atoms with Crippen molar-refractivity contribution in [3.8, 4) is 0 Å². The molecule has 3 aromatic rings. The molecule has 2 aromatic heterocycles. The third-order valence-electron chi connectivity index (χ3n) is 3.96. The lowest BCUT2D eigenvalue weighted by molar-refractivity contribution is 0.916. The summed E-state index contributed by atoms with van der Waals surface area (Å²) in [4.78, 5) is 13.5. The molecule has 0 radical (unpaired) electrons. The number of rotatable bonds is 4. The summed E-state index contributed by atoms with van der Waals surface area (Å²) in [5, 5.41) is 4.53. The van der Waals surface area contributed by atoms with Crippen LogP contribution in [-0.4, -0.2) is 17.0 Å². The maximum Gasteiger partial charge on any atom is 0.142 e. The Bertz CT molecular complexity index is 812. The second kappa shape index (κ2) is 5.89. The van der Waals surface area contributed by atoms with Gasteiger partial charge in [-0.15, -0.1) is 23.1 Å². The fraction of sp³-hybridized carbons (Fsp3) is 0.294. The number of thiophene rings is 1. The number of nitrogens with one attached hydrogen (secondary N) is 1. The summed E-state index contributed by atoms with van der Waals surface area (Å²) in [7, 11) is 1.95. The first-order chi connectivity index (χ1) is 10.8. The van der Waals surface area contributed by atoms with Crippen molar-refractivity contribution in [3.05, 3.63) is 46.6 Å². The number of anilines is 1. The van der Waals surface area contributed by atoms with E-state index in [0.717, 1.165) is 22.2 Å². The van der Waals surface area contributed by atoms with Crippen molar-refractivity contribution >= 4 is 39.1 Å². The van der Waals surface area contributed by atoms with Gasteiger partial charge >= 0.3 is 0 Å². The lowest BCUT2D eigenvalue weighted by Gasteiger charge is -2.07. The minimum atomic E-state index is 0.803. The highest BCUT2D eigenvalue weighted by atomic mass is 32.2. The van der Waals surface area contributed by atoms with Crippen molar-refractivity contribution in [1.82, 2.24) is 9.97 Å². The van der Waals surface area contributed by atoms with Crippen LogP contribution < -0.4 is 5.32 Å². The van der Waals surface area contributed by atoms with E-state index in [2.05, 4.69) is 29.6 Å². The first-order valence-corrected chi connectivity index (χ1v) is 9.32. The summed E-state index contributed by atoms with van der Waals surface area (Å²) in [6.07, 6.45) is 3.64. The van der Waals surface area contributed by atoms with Crippen molar-refractivity contribution in [1.29, 1.82) is 0 Å². The van der Waals surface area contributed by atoms with Gasteiger partial charge in [0.25, 0.3) is 0 Å². The van der Waals surface area contributed by atoms with E-state index in [0.29, 0.717) is 0 Å². The van der Waals surface area contributed by atoms with Crippen molar-refractivity contribution in [2.24, 2.45) is 0 Å². The molecule has 0 fully saturated rings. The average Bonchev–Trinajstić information content (AvgIpc) is 3.13. The molecule has 0 aliphatic heterocycles. The summed E-state index contributed by atoms with van der Waals surface area (Å²) >= 11 is 3.64. The molecule has 0 saturated carbocycles. The average molecular weight is 327 g/mol. The molecule has 1 aliphatic rings. The molecule has 0 bridgehead atoms. The summed E-state index contributed by atoms with van der Waals surface area (Å²) in [6.45, 7) is 0. The zero-order valence-corrected chi connectivity index (χ0v) is 14.1. The SMILES string of the molecule is CNc1nc(CSc2ccccc2)nc2sc3c(c12)CCC3. The van der Waals surface area contributed by atoms with E-state index in [-0.39, 0.29) is 0 Å². The van der Waals surface area contributed by atoms with Crippen LogP contribution in [0.15, 0.2) is 35.2 Å². The van der Waals surface area contributed by atoms with E-state index in [9.17, 15) is 0 Å². The van der Waals surface area contributed by atoms with E-state index in [4.69, 9.17) is 9.97 Å². The van der Waals surface area contributed by atoms with Crippen molar-refractivity contribution in [3.63, 3.8) is 0 Å². The van der Waals surface area contributed by atoms with Gasteiger partial charge < -0.3 is 5.32 Å². The minimum Gasteiger partial charge on any atom is -0.372 e. The number of hydrogen-bond acceptors (Lipinski definition) is 5. The molecule has 22 heavy (non-hydrogen) atoms. The second-order valence-corrected chi connectivity index (χ2v) is 7.51. The molecule has 0 spiro atoms. The van der Waals surface area contributed by atoms with Crippen LogP contribution in [0.25, 0.3) is 10.2 Å². The Balaban J connectivity index is 1.67. The number of fused-ring (bicyclic) bond motifs is 3. The summed E-state index contributed by atoms with van der Waals surface area (Å²) in [5.74, 6) is 2.70. The first-order valence-electron chi connectivity index (χ1n) is 7.52. The molecule has 3 nitrogen and oxygen atoms in total. The third-order valence-corrected chi connectivity index (χ3v) is 6.15. The molecule has 0 saturated heterocycles. The molecule has 1 N–H and O–H groups in total. The number of nitrogens with zero attached hydrogens (tertiary/aromatic N) is 2. The van der Waals surface area contributed by atoms with Crippen molar-refractivity contribution < 1.29 is 0 Å². The maximum absolute atomic E-state index is 4.81. The molecular weight excluding hydrogens is 310 g/mol. The highest BCUT2D eigenvalue weighted by molar-refractivity contribution is 7.98. The quantitative estimate of drug-likeness (QED) is 0.715. The highest BCUT2D eigenvalue weighted by Gasteiger charge is 2.21. The number of benzene rings is 1. The molecule has 1 aliphatic carbocycles. The zero-order chi connectivity index (χ0) is 14.9. The number of aryl methyl sites for hydroxylation is 2. The van der Waals surface area contributed by atoms with Crippen LogP contribution in [0.4, 0.5) is 5.82 Å². The van der Waals surface area contributed by atoms with Crippen LogP contribution in [0.3, 0.4) is 0 Å². The van der Waals surface area contributed by atoms with Crippen molar-refractivity contribution in [2.75, 3.05) is 12.4 Å². The van der Waals surface area contributed by atoms with Gasteiger partial charge in [-0.2, -0.15) is 0 Å². The van der Waals surface area contributed by atoms with E-state index in [1.54, 1.807) is 11.8 Å². The summed E-state index contributed by atoms with van der Waals surface area (Å²) in [5.41, 5.74) is 1.48. The predicted molar refractivity (Wildman–Crippen MR) is 95.0 cm³/mol. The van der Waals surface area contributed by atoms with Crippen molar-refractivity contribution in [2.45, 2.75) is 29.9 Å². The van der Waals surface area contributed by atoms with Gasteiger partial charge in [-0.05, 0) is 37.0 Å². The Morgan fingerprint density at radius 1 is 1.18 bits per heavy atom. The molecule has 5 heteroatoms. The van der Waals surface area contributed by atoms with Crippen LogP contribution in [0.2, 0.25) is 0 Å². The molecule has 4 rings (SSSR count). The number of aromatic nitrogens is 2. The highest BCUT2D eigenvalue weighted by Crippen LogP contribution is 2.39. The molecule has 2 heterocycles.